The van der Waals surface area contributed by atoms with Gasteiger partial charge in [0, 0.05) is 24.7 Å². The van der Waals surface area contributed by atoms with E-state index in [1.54, 1.807) is 12.1 Å². The van der Waals surface area contributed by atoms with Gasteiger partial charge in [-0.05, 0) is 49.8 Å². The maximum atomic E-state index is 12.9. The average Bonchev–Trinajstić information content (AvgIpc) is 3.16. The molecule has 1 aromatic carbocycles. The van der Waals surface area contributed by atoms with Gasteiger partial charge in [-0.3, -0.25) is 4.79 Å². The minimum absolute atomic E-state index is 0.0755. The molecule has 1 aliphatic carbocycles. The van der Waals surface area contributed by atoms with Crippen LogP contribution in [0.3, 0.4) is 0 Å². The molecule has 144 valence electrons. The van der Waals surface area contributed by atoms with Gasteiger partial charge >= 0.3 is 0 Å². The zero-order valence-electron chi connectivity index (χ0n) is 15.5. The lowest BCUT2D eigenvalue weighted by Gasteiger charge is -2.27. The van der Waals surface area contributed by atoms with E-state index in [9.17, 15) is 13.2 Å². The molecule has 1 amide bonds. The van der Waals surface area contributed by atoms with Gasteiger partial charge in [-0.15, -0.1) is 0 Å². The summed E-state index contributed by atoms with van der Waals surface area (Å²) in [7, 11) is -2.21. The number of ether oxygens (including phenoxy) is 1. The molecule has 2 atom stereocenters. The van der Waals surface area contributed by atoms with Crippen molar-refractivity contribution < 1.29 is 17.9 Å². The Morgan fingerprint density at radius 1 is 1.19 bits per heavy atom. The highest BCUT2D eigenvalue weighted by Gasteiger charge is 2.31. The molecule has 1 heterocycles. The standard InChI is InChI=1S/C19H28N2O4S/c1-14-6-5-7-16(12-14)20-19(22)15-8-9-17(25-2)18(13-15)26(23,24)21-10-3-4-11-21/h8-9,13-14,16H,3-7,10-12H2,1-2H3,(H,20,22). The summed E-state index contributed by atoms with van der Waals surface area (Å²) >= 11 is 0. The molecule has 2 aliphatic rings. The van der Waals surface area contributed by atoms with Crippen LogP contribution in [0.1, 0.15) is 55.8 Å². The monoisotopic (exact) mass is 380 g/mol. The van der Waals surface area contributed by atoms with Crippen molar-refractivity contribution in [1.82, 2.24) is 9.62 Å². The normalized spacial score (nSPS) is 24.4. The number of rotatable bonds is 5. The van der Waals surface area contributed by atoms with Gasteiger partial charge in [-0.1, -0.05) is 19.8 Å². The second-order valence-corrected chi connectivity index (χ2v) is 9.33. The molecule has 3 rings (SSSR count). The number of nitrogens with zero attached hydrogens (tertiary/aromatic N) is 1. The second-order valence-electron chi connectivity index (χ2n) is 7.42. The van der Waals surface area contributed by atoms with E-state index < -0.39 is 10.0 Å². The van der Waals surface area contributed by atoms with Crippen LogP contribution in [-0.2, 0) is 10.0 Å². The van der Waals surface area contributed by atoms with Gasteiger partial charge in [0.15, 0.2) is 0 Å². The summed E-state index contributed by atoms with van der Waals surface area (Å²) in [5, 5.41) is 3.06. The van der Waals surface area contributed by atoms with Gasteiger partial charge in [0.2, 0.25) is 10.0 Å². The van der Waals surface area contributed by atoms with Crippen molar-refractivity contribution in [1.29, 1.82) is 0 Å². The molecule has 1 saturated carbocycles. The van der Waals surface area contributed by atoms with Gasteiger partial charge in [0.05, 0.1) is 7.11 Å². The van der Waals surface area contributed by atoms with E-state index in [1.807, 2.05) is 0 Å². The van der Waals surface area contributed by atoms with Crippen molar-refractivity contribution in [3.05, 3.63) is 23.8 Å². The van der Waals surface area contributed by atoms with Gasteiger partial charge in [-0.25, -0.2) is 8.42 Å². The maximum Gasteiger partial charge on any atom is 0.251 e. The summed E-state index contributed by atoms with van der Waals surface area (Å²) < 4.78 is 32.6. The summed E-state index contributed by atoms with van der Waals surface area (Å²) in [5.41, 5.74) is 0.363. The molecule has 0 radical (unpaired) electrons. The summed E-state index contributed by atoms with van der Waals surface area (Å²) in [5.74, 6) is 0.667. The number of nitrogens with one attached hydrogen (secondary N) is 1. The van der Waals surface area contributed by atoms with Crippen molar-refractivity contribution >= 4 is 15.9 Å². The number of benzene rings is 1. The first kappa shape index (κ1) is 19.2. The van der Waals surface area contributed by atoms with Crippen LogP contribution in [0.4, 0.5) is 0 Å². The van der Waals surface area contributed by atoms with Gasteiger partial charge in [0.25, 0.3) is 5.91 Å². The Bertz CT molecular complexity index is 757. The van der Waals surface area contributed by atoms with Crippen LogP contribution < -0.4 is 10.1 Å². The minimum Gasteiger partial charge on any atom is -0.495 e. The van der Waals surface area contributed by atoms with Crippen LogP contribution >= 0.6 is 0 Å². The molecule has 26 heavy (non-hydrogen) atoms. The zero-order valence-corrected chi connectivity index (χ0v) is 16.3. The summed E-state index contributed by atoms with van der Waals surface area (Å²) in [6, 6.07) is 4.81. The highest BCUT2D eigenvalue weighted by Crippen LogP contribution is 2.30. The van der Waals surface area contributed by atoms with Crippen molar-refractivity contribution in [2.24, 2.45) is 5.92 Å². The molecule has 0 aromatic heterocycles. The topological polar surface area (TPSA) is 75.7 Å². The number of carbonyl (C=O) groups excluding carboxylic acids is 1. The number of sulfonamides is 1. The molecule has 6 nitrogen and oxygen atoms in total. The van der Waals surface area contributed by atoms with Crippen LogP contribution in [0.5, 0.6) is 5.75 Å². The lowest BCUT2D eigenvalue weighted by Crippen LogP contribution is -2.38. The molecule has 2 unspecified atom stereocenters. The van der Waals surface area contributed by atoms with Crippen LogP contribution in [0.15, 0.2) is 23.1 Å². The highest BCUT2D eigenvalue weighted by molar-refractivity contribution is 7.89. The fourth-order valence-electron chi connectivity index (χ4n) is 3.92. The molecular weight excluding hydrogens is 352 g/mol. The Morgan fingerprint density at radius 3 is 2.58 bits per heavy atom. The number of carbonyl (C=O) groups is 1. The third kappa shape index (κ3) is 4.04. The van der Waals surface area contributed by atoms with Crippen molar-refractivity contribution in [2.45, 2.75) is 56.4 Å². The summed E-state index contributed by atoms with van der Waals surface area (Å²) in [4.78, 5) is 12.7. The first-order valence-electron chi connectivity index (χ1n) is 9.41. The fraction of sp³-hybridized carbons (Fsp3) is 0.632. The van der Waals surface area contributed by atoms with E-state index in [0.717, 1.165) is 32.1 Å². The van der Waals surface area contributed by atoms with E-state index in [-0.39, 0.29) is 22.6 Å². The molecule has 0 spiro atoms. The molecule has 1 N–H and O–H groups in total. The average molecular weight is 381 g/mol. The summed E-state index contributed by atoms with van der Waals surface area (Å²) in [6.45, 7) is 3.23. The molecule has 1 aliphatic heterocycles. The van der Waals surface area contributed by atoms with E-state index in [0.29, 0.717) is 24.6 Å². The molecule has 7 heteroatoms. The number of amides is 1. The van der Waals surface area contributed by atoms with Crippen molar-refractivity contribution in [2.75, 3.05) is 20.2 Å². The maximum absolute atomic E-state index is 12.9. The molecular formula is C19H28N2O4S. The second kappa shape index (κ2) is 7.96. The lowest BCUT2D eigenvalue weighted by molar-refractivity contribution is 0.0921. The summed E-state index contributed by atoms with van der Waals surface area (Å²) in [6.07, 6.45) is 5.99. The van der Waals surface area contributed by atoms with E-state index in [1.165, 1.54) is 23.9 Å². The Hall–Kier alpha value is -1.60. The van der Waals surface area contributed by atoms with E-state index in [2.05, 4.69) is 12.2 Å². The van der Waals surface area contributed by atoms with Crippen LogP contribution in [0.25, 0.3) is 0 Å². The van der Waals surface area contributed by atoms with E-state index >= 15 is 0 Å². The number of hydrogen-bond acceptors (Lipinski definition) is 4. The number of methoxy groups -OCH3 is 1. The van der Waals surface area contributed by atoms with E-state index in [4.69, 9.17) is 4.74 Å². The third-order valence-corrected chi connectivity index (χ3v) is 7.30. The molecule has 1 aromatic rings. The minimum atomic E-state index is -3.65. The largest absolute Gasteiger partial charge is 0.495 e. The SMILES string of the molecule is COc1ccc(C(=O)NC2CCCC(C)C2)cc1S(=O)(=O)N1CCCC1. The predicted molar refractivity (Wildman–Crippen MR) is 99.9 cm³/mol. The Morgan fingerprint density at radius 2 is 1.92 bits per heavy atom. The van der Waals surface area contributed by atoms with Gasteiger partial charge in [0.1, 0.15) is 10.6 Å². The molecule has 1 saturated heterocycles. The quantitative estimate of drug-likeness (QED) is 0.852. The van der Waals surface area contributed by atoms with Gasteiger partial charge in [-0.2, -0.15) is 4.31 Å². The predicted octanol–water partition coefficient (Wildman–Crippen LogP) is 2.79. The van der Waals surface area contributed by atoms with Crippen LogP contribution in [-0.4, -0.2) is 44.9 Å². The van der Waals surface area contributed by atoms with Gasteiger partial charge < -0.3 is 10.1 Å². The molecule has 2 fully saturated rings. The zero-order chi connectivity index (χ0) is 18.7. The Balaban J connectivity index is 1.83. The lowest BCUT2D eigenvalue weighted by atomic mass is 9.87. The highest BCUT2D eigenvalue weighted by atomic mass is 32.2. The Labute approximate surface area is 156 Å². The fourth-order valence-corrected chi connectivity index (χ4v) is 5.62. The van der Waals surface area contributed by atoms with Crippen molar-refractivity contribution in [3.63, 3.8) is 0 Å². The van der Waals surface area contributed by atoms with Crippen molar-refractivity contribution in [3.8, 4) is 5.75 Å². The smallest absolute Gasteiger partial charge is 0.251 e. The number of hydrogen-bond donors (Lipinski definition) is 1. The first-order valence-corrected chi connectivity index (χ1v) is 10.8. The third-order valence-electron chi connectivity index (χ3n) is 5.38. The molecule has 0 bridgehead atoms. The Kier molecular flexibility index (Phi) is 5.87. The van der Waals surface area contributed by atoms with Crippen LogP contribution in [0, 0.1) is 5.92 Å². The van der Waals surface area contributed by atoms with Crippen LogP contribution in [0.2, 0.25) is 0 Å². The first-order chi connectivity index (χ1) is 12.4.